The smallest absolute Gasteiger partial charge is 0.0243 e. The Labute approximate surface area is 126 Å². The van der Waals surface area contributed by atoms with Gasteiger partial charge in [-0.15, -0.1) is 0 Å². The van der Waals surface area contributed by atoms with Crippen LogP contribution in [0.1, 0.15) is 32.1 Å². The summed E-state index contributed by atoms with van der Waals surface area (Å²) in [6, 6.07) is 1.96. The Kier molecular flexibility index (Phi) is 8.03. The number of nitrogens with zero attached hydrogens (tertiary/aromatic N) is 3. The molecule has 0 bridgehead atoms. The Morgan fingerprint density at radius 3 is 2.15 bits per heavy atom. The second kappa shape index (κ2) is 8.98. The summed E-state index contributed by atoms with van der Waals surface area (Å²) in [5.41, 5.74) is 0. The SMILES string of the molecule is CN(C)CCC(CN(C)C)NC1CCCCC1N(C)C. The first-order valence-corrected chi connectivity index (χ1v) is 8.12. The van der Waals surface area contributed by atoms with Gasteiger partial charge in [-0.2, -0.15) is 0 Å². The maximum absolute atomic E-state index is 3.96. The van der Waals surface area contributed by atoms with Crippen LogP contribution < -0.4 is 5.32 Å². The maximum atomic E-state index is 3.96. The molecular weight excluding hydrogens is 248 g/mol. The van der Waals surface area contributed by atoms with E-state index in [1.807, 2.05) is 0 Å². The first-order valence-electron chi connectivity index (χ1n) is 8.12. The van der Waals surface area contributed by atoms with Gasteiger partial charge in [0.05, 0.1) is 0 Å². The van der Waals surface area contributed by atoms with E-state index in [9.17, 15) is 0 Å². The zero-order valence-electron chi connectivity index (χ0n) is 14.5. The third kappa shape index (κ3) is 6.53. The molecule has 0 aromatic carbocycles. The molecule has 20 heavy (non-hydrogen) atoms. The first kappa shape index (κ1) is 17.9. The molecule has 1 aliphatic rings. The highest BCUT2D eigenvalue weighted by Gasteiger charge is 2.28. The van der Waals surface area contributed by atoms with Crippen molar-refractivity contribution < 1.29 is 0 Å². The molecule has 3 atom stereocenters. The topological polar surface area (TPSA) is 21.8 Å². The molecule has 4 nitrogen and oxygen atoms in total. The van der Waals surface area contributed by atoms with Gasteiger partial charge in [-0.05, 0) is 68.1 Å². The molecule has 0 saturated heterocycles. The molecule has 0 heterocycles. The number of nitrogens with one attached hydrogen (secondary N) is 1. The van der Waals surface area contributed by atoms with E-state index in [-0.39, 0.29) is 0 Å². The van der Waals surface area contributed by atoms with Gasteiger partial charge in [-0.3, -0.25) is 0 Å². The van der Waals surface area contributed by atoms with Crippen LogP contribution in [0.5, 0.6) is 0 Å². The van der Waals surface area contributed by atoms with Crippen molar-refractivity contribution in [3.8, 4) is 0 Å². The van der Waals surface area contributed by atoms with Crippen LogP contribution in [0.25, 0.3) is 0 Å². The molecule has 120 valence electrons. The van der Waals surface area contributed by atoms with E-state index in [1.54, 1.807) is 0 Å². The highest BCUT2D eigenvalue weighted by Crippen LogP contribution is 2.22. The minimum Gasteiger partial charge on any atom is -0.309 e. The lowest BCUT2D eigenvalue weighted by Crippen LogP contribution is -2.54. The standard InChI is InChI=1S/C16H36N4/c1-18(2)12-11-14(13-19(3)4)17-15-9-7-8-10-16(15)20(5)6/h14-17H,7-13H2,1-6H3. The zero-order valence-corrected chi connectivity index (χ0v) is 14.5. The molecule has 0 spiro atoms. The van der Waals surface area contributed by atoms with Crippen LogP contribution in [-0.2, 0) is 0 Å². The van der Waals surface area contributed by atoms with Crippen molar-refractivity contribution in [2.75, 3.05) is 55.4 Å². The predicted octanol–water partition coefficient (Wildman–Crippen LogP) is 1.33. The van der Waals surface area contributed by atoms with Crippen molar-refractivity contribution in [2.45, 2.75) is 50.2 Å². The molecule has 1 rings (SSSR count). The summed E-state index contributed by atoms with van der Waals surface area (Å²) in [5, 5.41) is 3.96. The Balaban J connectivity index is 2.56. The largest absolute Gasteiger partial charge is 0.309 e. The molecule has 1 N–H and O–H groups in total. The fourth-order valence-electron chi connectivity index (χ4n) is 3.31. The number of rotatable bonds is 8. The van der Waals surface area contributed by atoms with Crippen molar-refractivity contribution in [2.24, 2.45) is 0 Å². The monoisotopic (exact) mass is 284 g/mol. The lowest BCUT2D eigenvalue weighted by Gasteiger charge is -2.39. The predicted molar refractivity (Wildman–Crippen MR) is 88.4 cm³/mol. The Hall–Kier alpha value is -0.160. The van der Waals surface area contributed by atoms with Crippen LogP contribution in [0.4, 0.5) is 0 Å². The normalized spacial score (nSPS) is 25.6. The van der Waals surface area contributed by atoms with Crippen molar-refractivity contribution in [1.29, 1.82) is 0 Å². The summed E-state index contributed by atoms with van der Waals surface area (Å²) < 4.78 is 0. The summed E-state index contributed by atoms with van der Waals surface area (Å²) in [7, 11) is 13.1. The Bertz CT molecular complexity index is 253. The molecule has 4 heteroatoms. The van der Waals surface area contributed by atoms with Crippen LogP contribution in [-0.4, -0.2) is 88.2 Å². The van der Waals surface area contributed by atoms with Crippen LogP contribution in [0, 0.1) is 0 Å². The first-order chi connectivity index (χ1) is 9.40. The van der Waals surface area contributed by atoms with E-state index in [2.05, 4.69) is 62.3 Å². The summed E-state index contributed by atoms with van der Waals surface area (Å²) in [6.07, 6.45) is 6.66. The summed E-state index contributed by atoms with van der Waals surface area (Å²) in [5.74, 6) is 0. The summed E-state index contributed by atoms with van der Waals surface area (Å²) in [4.78, 5) is 7.00. The van der Waals surface area contributed by atoms with Crippen LogP contribution in [0.2, 0.25) is 0 Å². The average Bonchev–Trinajstić information content (AvgIpc) is 2.35. The van der Waals surface area contributed by atoms with Gasteiger partial charge >= 0.3 is 0 Å². The molecule has 0 radical (unpaired) electrons. The van der Waals surface area contributed by atoms with E-state index in [4.69, 9.17) is 0 Å². The average molecular weight is 284 g/mol. The quantitative estimate of drug-likeness (QED) is 0.726. The molecular formula is C16H36N4. The second-order valence-electron chi connectivity index (χ2n) is 7.14. The minimum absolute atomic E-state index is 0.595. The van der Waals surface area contributed by atoms with E-state index >= 15 is 0 Å². The highest BCUT2D eigenvalue weighted by atomic mass is 15.2. The Morgan fingerprint density at radius 1 is 0.950 bits per heavy atom. The van der Waals surface area contributed by atoms with Gasteiger partial charge in [-0.1, -0.05) is 12.8 Å². The fourth-order valence-corrected chi connectivity index (χ4v) is 3.31. The number of likely N-dealkylation sites (N-methyl/N-ethyl adjacent to an activating group) is 2. The Morgan fingerprint density at radius 2 is 1.60 bits per heavy atom. The van der Waals surface area contributed by atoms with Crippen LogP contribution in [0.15, 0.2) is 0 Å². The third-order valence-corrected chi connectivity index (χ3v) is 4.35. The van der Waals surface area contributed by atoms with E-state index in [0.717, 1.165) is 13.1 Å². The zero-order chi connectivity index (χ0) is 15.1. The van der Waals surface area contributed by atoms with Crippen molar-refractivity contribution in [3.05, 3.63) is 0 Å². The van der Waals surface area contributed by atoms with Gasteiger partial charge < -0.3 is 20.0 Å². The van der Waals surface area contributed by atoms with E-state index < -0.39 is 0 Å². The van der Waals surface area contributed by atoms with Gasteiger partial charge in [0.2, 0.25) is 0 Å². The molecule has 1 fully saturated rings. The molecule has 0 aromatic heterocycles. The molecule has 1 aliphatic carbocycles. The minimum atomic E-state index is 0.595. The molecule has 0 amide bonds. The van der Waals surface area contributed by atoms with Crippen molar-refractivity contribution in [1.82, 2.24) is 20.0 Å². The van der Waals surface area contributed by atoms with E-state index in [0.29, 0.717) is 18.1 Å². The number of hydrogen-bond acceptors (Lipinski definition) is 4. The highest BCUT2D eigenvalue weighted by molar-refractivity contribution is 4.89. The molecule has 3 unspecified atom stereocenters. The van der Waals surface area contributed by atoms with Gasteiger partial charge in [0.15, 0.2) is 0 Å². The van der Waals surface area contributed by atoms with Gasteiger partial charge in [0.25, 0.3) is 0 Å². The van der Waals surface area contributed by atoms with Crippen LogP contribution >= 0.6 is 0 Å². The maximum Gasteiger partial charge on any atom is 0.0243 e. The third-order valence-electron chi connectivity index (χ3n) is 4.35. The second-order valence-corrected chi connectivity index (χ2v) is 7.14. The van der Waals surface area contributed by atoms with Gasteiger partial charge in [0, 0.05) is 24.7 Å². The molecule has 0 aliphatic heterocycles. The van der Waals surface area contributed by atoms with Crippen molar-refractivity contribution >= 4 is 0 Å². The molecule has 1 saturated carbocycles. The molecule has 0 aromatic rings. The lowest BCUT2D eigenvalue weighted by atomic mass is 9.89. The van der Waals surface area contributed by atoms with Crippen LogP contribution in [0.3, 0.4) is 0 Å². The van der Waals surface area contributed by atoms with Crippen molar-refractivity contribution in [3.63, 3.8) is 0 Å². The lowest BCUT2D eigenvalue weighted by molar-refractivity contribution is 0.156. The number of hydrogen-bond donors (Lipinski definition) is 1. The van der Waals surface area contributed by atoms with E-state index in [1.165, 1.54) is 32.1 Å². The van der Waals surface area contributed by atoms with Gasteiger partial charge in [0.1, 0.15) is 0 Å². The fraction of sp³-hybridized carbons (Fsp3) is 1.00. The summed E-state index contributed by atoms with van der Waals surface area (Å²) in [6.45, 7) is 2.29. The van der Waals surface area contributed by atoms with Gasteiger partial charge in [-0.25, -0.2) is 0 Å². The summed E-state index contributed by atoms with van der Waals surface area (Å²) >= 11 is 0.